The van der Waals surface area contributed by atoms with Gasteiger partial charge in [-0.1, -0.05) is 32.9 Å². The Morgan fingerprint density at radius 1 is 1.17 bits per heavy atom. The van der Waals surface area contributed by atoms with Gasteiger partial charge in [0.1, 0.15) is 0 Å². The highest BCUT2D eigenvalue weighted by molar-refractivity contribution is 5.94. The number of carbonyl (C=O) groups is 1. The third-order valence-corrected chi connectivity index (χ3v) is 6.43. The van der Waals surface area contributed by atoms with Crippen LogP contribution in [0.1, 0.15) is 47.5 Å². The van der Waals surface area contributed by atoms with Crippen molar-refractivity contribution in [2.24, 2.45) is 16.7 Å². The van der Waals surface area contributed by atoms with Crippen molar-refractivity contribution in [2.75, 3.05) is 0 Å². The van der Waals surface area contributed by atoms with Crippen LogP contribution in [0.15, 0.2) is 12.2 Å². The lowest BCUT2D eigenvalue weighted by molar-refractivity contribution is -0.133. The summed E-state index contributed by atoms with van der Waals surface area (Å²) in [7, 11) is 0. The number of Topliss-reactive ketones (excluding diaryl/α,β-unsaturated/α-hetero) is 1. The molecule has 3 aliphatic rings. The van der Waals surface area contributed by atoms with Crippen molar-refractivity contribution in [3.8, 4) is 0 Å². The normalized spacial score (nSPS) is 50.4. The molecule has 0 spiro atoms. The van der Waals surface area contributed by atoms with E-state index in [0.29, 0.717) is 23.8 Å². The van der Waals surface area contributed by atoms with Crippen LogP contribution in [0.5, 0.6) is 0 Å². The lowest BCUT2D eigenvalue weighted by Crippen LogP contribution is -2.51. The van der Waals surface area contributed by atoms with E-state index in [1.54, 1.807) is 0 Å². The minimum absolute atomic E-state index is 0.0929. The molecule has 0 unspecified atom stereocenters. The maximum atomic E-state index is 12.9. The van der Waals surface area contributed by atoms with Crippen molar-refractivity contribution in [3.63, 3.8) is 0 Å². The van der Waals surface area contributed by atoms with E-state index in [-0.39, 0.29) is 16.9 Å². The van der Waals surface area contributed by atoms with E-state index in [4.69, 9.17) is 0 Å². The van der Waals surface area contributed by atoms with E-state index in [1.807, 2.05) is 0 Å². The molecule has 2 bridgehead atoms. The molecule has 2 saturated carbocycles. The second-order valence-corrected chi connectivity index (χ2v) is 7.32. The summed E-state index contributed by atoms with van der Waals surface area (Å²) in [5, 5.41) is 0. The van der Waals surface area contributed by atoms with Gasteiger partial charge in [0.2, 0.25) is 0 Å². The Balaban J connectivity index is 1.99. The minimum Gasteiger partial charge on any atom is -0.297 e. The first-order chi connectivity index (χ1) is 8.30. The Labute approximate surface area is 110 Å². The monoisotopic (exact) mass is 247 g/mol. The van der Waals surface area contributed by atoms with E-state index in [2.05, 4.69) is 51.7 Å². The summed E-state index contributed by atoms with van der Waals surface area (Å²) >= 11 is 0. The van der Waals surface area contributed by atoms with Crippen molar-refractivity contribution in [2.45, 2.75) is 65.6 Å². The molecule has 0 aromatic rings. The maximum absolute atomic E-state index is 12.9. The van der Waals surface area contributed by atoms with E-state index in [1.165, 1.54) is 6.42 Å². The Hall–Kier alpha value is -0.630. The van der Waals surface area contributed by atoms with Gasteiger partial charge in [0.05, 0.1) is 6.04 Å². The zero-order valence-electron chi connectivity index (χ0n) is 12.2. The van der Waals surface area contributed by atoms with Crippen molar-refractivity contribution < 1.29 is 4.79 Å². The second-order valence-electron chi connectivity index (χ2n) is 7.32. The Morgan fingerprint density at radius 3 is 2.17 bits per heavy atom. The van der Waals surface area contributed by atoms with Crippen LogP contribution < -0.4 is 0 Å². The molecule has 18 heavy (non-hydrogen) atoms. The van der Waals surface area contributed by atoms with Crippen LogP contribution >= 0.6 is 0 Å². The van der Waals surface area contributed by atoms with Gasteiger partial charge in [-0.2, -0.15) is 0 Å². The molecule has 0 aromatic carbocycles. The van der Waals surface area contributed by atoms with Crippen LogP contribution in [0, 0.1) is 16.7 Å². The Kier molecular flexibility index (Phi) is 2.39. The third-order valence-electron chi connectivity index (χ3n) is 6.43. The van der Waals surface area contributed by atoms with Gasteiger partial charge in [-0.05, 0) is 38.0 Å². The van der Waals surface area contributed by atoms with Gasteiger partial charge >= 0.3 is 0 Å². The smallest absolute Gasteiger partial charge is 0.156 e. The maximum Gasteiger partial charge on any atom is 0.156 e. The predicted octanol–water partition coefficient (Wildman–Crippen LogP) is 3.03. The van der Waals surface area contributed by atoms with E-state index >= 15 is 0 Å². The van der Waals surface area contributed by atoms with E-state index in [0.717, 1.165) is 6.42 Å². The van der Waals surface area contributed by atoms with E-state index < -0.39 is 0 Å². The fraction of sp³-hybridized carbons (Fsp3) is 0.812. The number of hydrogen-bond acceptors (Lipinski definition) is 2. The van der Waals surface area contributed by atoms with E-state index in [9.17, 15) is 4.79 Å². The average molecular weight is 247 g/mol. The summed E-state index contributed by atoms with van der Waals surface area (Å²) < 4.78 is 0. The summed E-state index contributed by atoms with van der Waals surface area (Å²) in [5.41, 5.74) is 0.0706. The number of rotatable bonds is 1. The summed E-state index contributed by atoms with van der Waals surface area (Å²) in [6.07, 6.45) is 6.80. The van der Waals surface area contributed by atoms with Gasteiger partial charge < -0.3 is 0 Å². The quantitative estimate of drug-likeness (QED) is 0.664. The standard InChI is InChI=1S/C16H25NO/c1-10-6-7-11(2)17(10)13-12-8-9-16(5,14(13)18)15(12,3)4/h6-7,10-13H,8-9H2,1-5H3/t10-,11+,12-,13+,16-/m1/s1. The van der Waals surface area contributed by atoms with Crippen LogP contribution in [0.4, 0.5) is 0 Å². The molecule has 0 N–H and O–H groups in total. The molecule has 2 fully saturated rings. The SMILES string of the molecule is C[C@@H]1C=C[C@H](C)N1[C@@H]1C(=O)[C@@]2(C)CC[C@H]1C2(C)C. The predicted molar refractivity (Wildman–Crippen MR) is 73.3 cm³/mol. The second kappa shape index (κ2) is 3.47. The molecule has 2 heteroatoms. The molecule has 0 aromatic heterocycles. The summed E-state index contributed by atoms with van der Waals surface area (Å²) in [6, 6.07) is 0.971. The van der Waals surface area contributed by atoms with Crippen LogP contribution in [0.3, 0.4) is 0 Å². The molecule has 2 nitrogen and oxygen atoms in total. The number of fused-ring (bicyclic) bond motifs is 2. The first-order valence-corrected chi connectivity index (χ1v) is 7.31. The highest BCUT2D eigenvalue weighted by atomic mass is 16.1. The third kappa shape index (κ3) is 1.20. The van der Waals surface area contributed by atoms with Crippen LogP contribution in [0.25, 0.3) is 0 Å². The number of hydrogen-bond donors (Lipinski definition) is 0. The van der Waals surface area contributed by atoms with Crippen LogP contribution in [0.2, 0.25) is 0 Å². The van der Waals surface area contributed by atoms with Gasteiger partial charge in [-0.3, -0.25) is 9.69 Å². The average Bonchev–Trinajstić information content (AvgIpc) is 2.77. The van der Waals surface area contributed by atoms with Crippen LogP contribution in [-0.2, 0) is 4.79 Å². The number of carbonyl (C=O) groups excluding carboxylic acids is 1. The molecule has 100 valence electrons. The largest absolute Gasteiger partial charge is 0.297 e. The van der Waals surface area contributed by atoms with Crippen LogP contribution in [-0.4, -0.2) is 28.8 Å². The molecule has 3 rings (SSSR count). The van der Waals surface area contributed by atoms with Gasteiger partial charge in [0, 0.05) is 17.5 Å². The topological polar surface area (TPSA) is 20.3 Å². The Morgan fingerprint density at radius 2 is 1.72 bits per heavy atom. The van der Waals surface area contributed by atoms with Crippen molar-refractivity contribution in [3.05, 3.63) is 12.2 Å². The lowest BCUT2D eigenvalue weighted by Gasteiger charge is -2.37. The zero-order chi connectivity index (χ0) is 13.3. The van der Waals surface area contributed by atoms with Crippen molar-refractivity contribution in [1.82, 2.24) is 4.90 Å². The fourth-order valence-electron chi connectivity index (χ4n) is 4.78. The van der Waals surface area contributed by atoms with Crippen molar-refractivity contribution >= 4 is 5.78 Å². The fourth-order valence-corrected chi connectivity index (χ4v) is 4.78. The molecule has 5 atom stereocenters. The van der Waals surface area contributed by atoms with Gasteiger partial charge in [-0.25, -0.2) is 0 Å². The zero-order valence-corrected chi connectivity index (χ0v) is 12.2. The van der Waals surface area contributed by atoms with Crippen molar-refractivity contribution in [1.29, 1.82) is 0 Å². The molecular formula is C16H25NO. The molecule has 1 aliphatic heterocycles. The molecule has 0 saturated heterocycles. The summed E-state index contributed by atoms with van der Waals surface area (Å²) in [6.45, 7) is 11.3. The summed E-state index contributed by atoms with van der Waals surface area (Å²) in [5.74, 6) is 1.05. The molecule has 0 amide bonds. The Bertz CT molecular complexity index is 411. The molecular weight excluding hydrogens is 222 g/mol. The van der Waals surface area contributed by atoms with Gasteiger partial charge in [-0.15, -0.1) is 0 Å². The number of ketones is 1. The first-order valence-electron chi connectivity index (χ1n) is 7.31. The molecule has 0 radical (unpaired) electrons. The highest BCUT2D eigenvalue weighted by Crippen LogP contribution is 2.64. The molecule has 1 heterocycles. The molecule has 2 aliphatic carbocycles. The highest BCUT2D eigenvalue weighted by Gasteiger charge is 2.67. The number of nitrogens with zero attached hydrogens (tertiary/aromatic N) is 1. The summed E-state index contributed by atoms with van der Waals surface area (Å²) in [4.78, 5) is 15.4. The lowest BCUT2D eigenvalue weighted by atomic mass is 9.70. The van der Waals surface area contributed by atoms with Gasteiger partial charge in [0.25, 0.3) is 0 Å². The van der Waals surface area contributed by atoms with Gasteiger partial charge in [0.15, 0.2) is 5.78 Å². The first kappa shape index (κ1) is 12.4. The minimum atomic E-state index is -0.0929.